The van der Waals surface area contributed by atoms with Crippen molar-refractivity contribution in [2.75, 3.05) is 0 Å². The van der Waals surface area contributed by atoms with Crippen LogP contribution in [0.3, 0.4) is 0 Å². The molecule has 0 radical (unpaired) electrons. The van der Waals surface area contributed by atoms with Gasteiger partial charge in [-0.15, -0.1) is 0 Å². The molecule has 0 aromatic heterocycles. The van der Waals surface area contributed by atoms with Crippen molar-refractivity contribution in [3.63, 3.8) is 0 Å². The van der Waals surface area contributed by atoms with Gasteiger partial charge < -0.3 is 5.32 Å². The lowest BCUT2D eigenvalue weighted by Gasteiger charge is -2.10. The van der Waals surface area contributed by atoms with Crippen molar-refractivity contribution in [3.8, 4) is 6.07 Å². The first-order valence-corrected chi connectivity index (χ1v) is 4.98. The molecule has 0 bridgehead atoms. The van der Waals surface area contributed by atoms with Crippen LogP contribution in [0.5, 0.6) is 0 Å². The first kappa shape index (κ1) is 10.7. The van der Waals surface area contributed by atoms with Gasteiger partial charge in [-0.25, -0.2) is 0 Å². The number of nitrogens with zero attached hydrogens (tertiary/aromatic N) is 1. The van der Waals surface area contributed by atoms with Gasteiger partial charge in [0, 0.05) is 12.6 Å². The molecule has 0 aliphatic heterocycles. The molecule has 0 amide bonds. The standard InChI is InChI=1S/C12H16N2/c1-3-10(2)14-9-12-6-4-5-11(7-12)8-13/h4-7,10,14H,3,9H2,1-2H3/t10-/m0/s1. The molecule has 1 atom stereocenters. The Kier molecular flexibility index (Phi) is 4.15. The average molecular weight is 188 g/mol. The minimum atomic E-state index is 0.528. The second kappa shape index (κ2) is 5.41. The van der Waals surface area contributed by atoms with Gasteiger partial charge in [-0.3, -0.25) is 0 Å². The topological polar surface area (TPSA) is 35.8 Å². The summed E-state index contributed by atoms with van der Waals surface area (Å²) in [5.74, 6) is 0. The average Bonchev–Trinajstić information content (AvgIpc) is 2.26. The molecule has 0 spiro atoms. The van der Waals surface area contributed by atoms with E-state index in [0.717, 1.165) is 18.5 Å². The van der Waals surface area contributed by atoms with E-state index in [1.807, 2.05) is 24.3 Å². The van der Waals surface area contributed by atoms with Gasteiger partial charge in [0.2, 0.25) is 0 Å². The molecule has 0 aliphatic rings. The van der Waals surface area contributed by atoms with Crippen LogP contribution in [0.1, 0.15) is 31.4 Å². The van der Waals surface area contributed by atoms with Crippen molar-refractivity contribution in [2.24, 2.45) is 0 Å². The molecular formula is C12H16N2. The summed E-state index contributed by atoms with van der Waals surface area (Å²) in [7, 11) is 0. The molecule has 0 saturated carbocycles. The predicted octanol–water partition coefficient (Wildman–Crippen LogP) is 2.45. The highest BCUT2D eigenvalue weighted by atomic mass is 14.9. The third-order valence-corrected chi connectivity index (χ3v) is 2.32. The highest BCUT2D eigenvalue weighted by molar-refractivity contribution is 5.32. The fourth-order valence-electron chi connectivity index (χ4n) is 1.19. The molecule has 14 heavy (non-hydrogen) atoms. The Balaban J connectivity index is 2.55. The summed E-state index contributed by atoms with van der Waals surface area (Å²) < 4.78 is 0. The minimum absolute atomic E-state index is 0.528. The lowest BCUT2D eigenvalue weighted by atomic mass is 10.1. The van der Waals surface area contributed by atoms with Crippen LogP contribution in [0, 0.1) is 11.3 Å². The maximum atomic E-state index is 8.72. The fourth-order valence-corrected chi connectivity index (χ4v) is 1.19. The molecule has 2 heteroatoms. The van der Waals surface area contributed by atoms with Gasteiger partial charge >= 0.3 is 0 Å². The molecule has 1 N–H and O–H groups in total. The van der Waals surface area contributed by atoms with Crippen LogP contribution in [0.4, 0.5) is 0 Å². The van der Waals surface area contributed by atoms with E-state index in [1.165, 1.54) is 5.56 Å². The van der Waals surface area contributed by atoms with Gasteiger partial charge in [0.1, 0.15) is 0 Å². The van der Waals surface area contributed by atoms with Crippen LogP contribution in [0.25, 0.3) is 0 Å². The van der Waals surface area contributed by atoms with Gasteiger partial charge in [-0.2, -0.15) is 5.26 Å². The Morgan fingerprint density at radius 3 is 2.93 bits per heavy atom. The van der Waals surface area contributed by atoms with Gasteiger partial charge in [-0.05, 0) is 31.0 Å². The molecule has 74 valence electrons. The van der Waals surface area contributed by atoms with Gasteiger partial charge in [0.05, 0.1) is 11.6 Å². The van der Waals surface area contributed by atoms with E-state index >= 15 is 0 Å². The number of benzene rings is 1. The van der Waals surface area contributed by atoms with Crippen LogP contribution >= 0.6 is 0 Å². The summed E-state index contributed by atoms with van der Waals surface area (Å²) >= 11 is 0. The van der Waals surface area contributed by atoms with Crippen LogP contribution < -0.4 is 5.32 Å². The molecule has 1 rings (SSSR count). The Hall–Kier alpha value is -1.33. The zero-order chi connectivity index (χ0) is 10.4. The quantitative estimate of drug-likeness (QED) is 0.787. The Bertz CT molecular complexity index is 325. The molecule has 0 fully saturated rings. The van der Waals surface area contributed by atoms with E-state index in [-0.39, 0.29) is 0 Å². The van der Waals surface area contributed by atoms with Gasteiger partial charge in [-0.1, -0.05) is 19.1 Å². The first-order chi connectivity index (χ1) is 6.76. The van der Waals surface area contributed by atoms with Crippen molar-refractivity contribution >= 4 is 0 Å². The lowest BCUT2D eigenvalue weighted by molar-refractivity contribution is 0.534. The number of nitrogens with one attached hydrogen (secondary N) is 1. The van der Waals surface area contributed by atoms with E-state index in [2.05, 4.69) is 25.2 Å². The second-order valence-corrected chi connectivity index (χ2v) is 3.50. The maximum Gasteiger partial charge on any atom is 0.0991 e. The van der Waals surface area contributed by atoms with E-state index in [4.69, 9.17) is 5.26 Å². The van der Waals surface area contributed by atoms with Gasteiger partial charge in [0.15, 0.2) is 0 Å². The lowest BCUT2D eigenvalue weighted by Crippen LogP contribution is -2.24. The SMILES string of the molecule is CC[C@H](C)NCc1cccc(C#N)c1. The van der Waals surface area contributed by atoms with Crippen molar-refractivity contribution < 1.29 is 0 Å². The highest BCUT2D eigenvalue weighted by Gasteiger charge is 1.98. The monoisotopic (exact) mass is 188 g/mol. The molecule has 1 aromatic carbocycles. The van der Waals surface area contributed by atoms with Crippen molar-refractivity contribution in [1.29, 1.82) is 5.26 Å². The smallest absolute Gasteiger partial charge is 0.0991 e. The van der Waals surface area contributed by atoms with E-state index < -0.39 is 0 Å². The van der Waals surface area contributed by atoms with Crippen molar-refractivity contribution in [1.82, 2.24) is 5.32 Å². The summed E-state index contributed by atoms with van der Waals surface area (Å²) in [5.41, 5.74) is 1.90. The largest absolute Gasteiger partial charge is 0.310 e. The molecule has 2 nitrogen and oxygen atoms in total. The zero-order valence-corrected chi connectivity index (χ0v) is 8.75. The Labute approximate surface area is 85.6 Å². The summed E-state index contributed by atoms with van der Waals surface area (Å²) in [6.45, 7) is 5.15. The molecule has 0 unspecified atom stereocenters. The van der Waals surface area contributed by atoms with Gasteiger partial charge in [0.25, 0.3) is 0 Å². The summed E-state index contributed by atoms with van der Waals surface area (Å²) in [6.07, 6.45) is 1.12. The molecular weight excluding hydrogens is 172 g/mol. The van der Waals surface area contributed by atoms with E-state index in [1.54, 1.807) is 0 Å². The zero-order valence-electron chi connectivity index (χ0n) is 8.75. The normalized spacial score (nSPS) is 12.1. The summed E-state index contributed by atoms with van der Waals surface area (Å²) in [6, 6.07) is 10.4. The molecule has 0 heterocycles. The summed E-state index contributed by atoms with van der Waals surface area (Å²) in [4.78, 5) is 0. The Morgan fingerprint density at radius 1 is 1.50 bits per heavy atom. The Morgan fingerprint density at radius 2 is 2.29 bits per heavy atom. The maximum absolute atomic E-state index is 8.72. The predicted molar refractivity (Wildman–Crippen MR) is 57.7 cm³/mol. The van der Waals surface area contributed by atoms with Crippen molar-refractivity contribution in [3.05, 3.63) is 35.4 Å². The second-order valence-electron chi connectivity index (χ2n) is 3.50. The van der Waals surface area contributed by atoms with E-state index in [9.17, 15) is 0 Å². The van der Waals surface area contributed by atoms with Crippen LogP contribution in [-0.4, -0.2) is 6.04 Å². The van der Waals surface area contributed by atoms with Crippen LogP contribution in [0.2, 0.25) is 0 Å². The van der Waals surface area contributed by atoms with Crippen LogP contribution in [-0.2, 0) is 6.54 Å². The third-order valence-electron chi connectivity index (χ3n) is 2.32. The number of rotatable bonds is 4. The van der Waals surface area contributed by atoms with Crippen LogP contribution in [0.15, 0.2) is 24.3 Å². The number of hydrogen-bond acceptors (Lipinski definition) is 2. The molecule has 0 aliphatic carbocycles. The molecule has 1 aromatic rings. The highest BCUT2D eigenvalue weighted by Crippen LogP contribution is 2.04. The number of hydrogen-bond donors (Lipinski definition) is 1. The minimum Gasteiger partial charge on any atom is -0.310 e. The summed E-state index contributed by atoms with van der Waals surface area (Å²) in [5, 5.41) is 12.1. The van der Waals surface area contributed by atoms with E-state index in [0.29, 0.717) is 6.04 Å². The molecule has 0 saturated heterocycles. The third kappa shape index (κ3) is 3.20. The number of nitriles is 1. The fraction of sp³-hybridized carbons (Fsp3) is 0.417. The first-order valence-electron chi connectivity index (χ1n) is 4.98. The van der Waals surface area contributed by atoms with Crippen molar-refractivity contribution in [2.45, 2.75) is 32.9 Å².